The zero-order valence-electron chi connectivity index (χ0n) is 12.7. The van der Waals surface area contributed by atoms with E-state index in [0.29, 0.717) is 0 Å². The van der Waals surface area contributed by atoms with Crippen molar-refractivity contribution in [3.63, 3.8) is 0 Å². The van der Waals surface area contributed by atoms with Gasteiger partial charge >= 0.3 is 12.1 Å². The summed E-state index contributed by atoms with van der Waals surface area (Å²) in [7, 11) is 0. The summed E-state index contributed by atoms with van der Waals surface area (Å²) >= 11 is 0. The van der Waals surface area contributed by atoms with Gasteiger partial charge in [0.25, 0.3) is 0 Å². The van der Waals surface area contributed by atoms with Crippen LogP contribution in [0.3, 0.4) is 0 Å². The molecule has 0 heterocycles. The molecule has 2 N–H and O–H groups in total. The second-order valence-electron chi connectivity index (χ2n) is 5.86. The van der Waals surface area contributed by atoms with Crippen LogP contribution in [0.5, 0.6) is 0 Å². The smallest absolute Gasteiger partial charge is 0.407 e. The van der Waals surface area contributed by atoms with Crippen molar-refractivity contribution >= 4 is 12.1 Å². The highest BCUT2D eigenvalue weighted by molar-refractivity contribution is 5.73. The maximum absolute atomic E-state index is 13.5. The van der Waals surface area contributed by atoms with Crippen LogP contribution in [0.1, 0.15) is 26.3 Å². The van der Waals surface area contributed by atoms with Gasteiger partial charge in [0.1, 0.15) is 17.2 Å². The number of hydrogen-bond acceptors (Lipinski definition) is 3. The topological polar surface area (TPSA) is 75.6 Å². The van der Waals surface area contributed by atoms with Gasteiger partial charge in [-0.1, -0.05) is 0 Å². The van der Waals surface area contributed by atoms with Crippen molar-refractivity contribution in [2.45, 2.75) is 32.8 Å². The van der Waals surface area contributed by atoms with Gasteiger partial charge in [-0.25, -0.2) is 13.6 Å². The molecule has 0 fully saturated rings. The number of ether oxygens (including phenoxy) is 1. The molecule has 0 aliphatic carbocycles. The first-order chi connectivity index (χ1) is 10.1. The lowest BCUT2D eigenvalue weighted by molar-refractivity contribution is -0.141. The van der Waals surface area contributed by atoms with E-state index in [1.54, 1.807) is 20.8 Å². The average Bonchev–Trinajstić information content (AvgIpc) is 2.36. The number of carbonyl (C=O) groups excluding carboxylic acids is 1. The number of amides is 1. The van der Waals surface area contributed by atoms with Crippen LogP contribution in [0.4, 0.5) is 13.6 Å². The Labute approximate surface area is 127 Å². The van der Waals surface area contributed by atoms with Gasteiger partial charge in [0.15, 0.2) is 0 Å². The fraction of sp³-hybridized carbons (Fsp3) is 0.467. The first kappa shape index (κ1) is 17.9. The molecule has 0 aliphatic rings. The third kappa shape index (κ3) is 6.07. The molecule has 0 aromatic heterocycles. The molecule has 1 aromatic carbocycles. The lowest BCUT2D eigenvalue weighted by atomic mass is 9.99. The predicted molar refractivity (Wildman–Crippen MR) is 75.4 cm³/mol. The number of alkyl carbamates (subject to hydrolysis) is 1. The molecule has 7 heteroatoms. The summed E-state index contributed by atoms with van der Waals surface area (Å²) in [6.07, 6.45) is -1.01. The van der Waals surface area contributed by atoms with Crippen LogP contribution in [-0.4, -0.2) is 29.3 Å². The summed E-state index contributed by atoms with van der Waals surface area (Å²) in [4.78, 5) is 22.7. The SMILES string of the molecule is CC(C)(C)OC(=O)NCC(Cc1cc(F)ccc1F)C(=O)O. The van der Waals surface area contributed by atoms with Gasteiger partial charge in [0, 0.05) is 6.54 Å². The number of aliphatic carboxylic acids is 1. The highest BCUT2D eigenvalue weighted by atomic mass is 19.1. The number of carboxylic acid groups (broad SMARTS) is 1. The highest BCUT2D eigenvalue weighted by Crippen LogP contribution is 2.15. The summed E-state index contributed by atoms with van der Waals surface area (Å²) in [5.74, 6) is -3.66. The fourth-order valence-corrected chi connectivity index (χ4v) is 1.73. The maximum atomic E-state index is 13.5. The first-order valence-corrected chi connectivity index (χ1v) is 6.72. The predicted octanol–water partition coefficient (Wildman–Crippen LogP) is 2.73. The number of rotatable bonds is 5. The molecule has 0 spiro atoms. The van der Waals surface area contributed by atoms with E-state index >= 15 is 0 Å². The quantitative estimate of drug-likeness (QED) is 0.876. The summed E-state index contributed by atoms with van der Waals surface area (Å²) in [6, 6.07) is 2.83. The number of hydrogen-bond donors (Lipinski definition) is 2. The normalized spacial score (nSPS) is 12.6. The Morgan fingerprint density at radius 2 is 1.95 bits per heavy atom. The summed E-state index contributed by atoms with van der Waals surface area (Å²) in [6.45, 7) is 4.76. The number of carboxylic acids is 1. The second-order valence-corrected chi connectivity index (χ2v) is 5.86. The monoisotopic (exact) mass is 315 g/mol. The van der Waals surface area contributed by atoms with Crippen molar-refractivity contribution in [2.24, 2.45) is 5.92 Å². The minimum atomic E-state index is -1.22. The van der Waals surface area contributed by atoms with E-state index in [9.17, 15) is 18.4 Å². The van der Waals surface area contributed by atoms with Gasteiger partial charge in [0.05, 0.1) is 5.92 Å². The van der Waals surface area contributed by atoms with E-state index in [-0.39, 0.29) is 18.5 Å². The molecule has 0 aliphatic heterocycles. The Kier molecular flexibility index (Phi) is 5.84. The lowest BCUT2D eigenvalue weighted by Gasteiger charge is -2.21. The van der Waals surface area contributed by atoms with Gasteiger partial charge in [-0.15, -0.1) is 0 Å². The molecular formula is C15H19F2NO4. The number of halogens is 2. The van der Waals surface area contributed by atoms with Crippen LogP contribution in [0.25, 0.3) is 0 Å². The molecule has 1 rings (SSSR count). The molecule has 5 nitrogen and oxygen atoms in total. The zero-order valence-corrected chi connectivity index (χ0v) is 12.7. The minimum absolute atomic E-state index is 0.0570. The van der Waals surface area contributed by atoms with E-state index in [1.807, 2.05) is 0 Å². The van der Waals surface area contributed by atoms with E-state index in [2.05, 4.69) is 5.32 Å². The Balaban J connectivity index is 2.69. The number of nitrogens with one attached hydrogen (secondary N) is 1. The third-order valence-electron chi connectivity index (χ3n) is 2.72. The maximum Gasteiger partial charge on any atom is 0.407 e. The van der Waals surface area contributed by atoms with Crippen LogP contribution in [-0.2, 0) is 16.0 Å². The van der Waals surface area contributed by atoms with Crippen LogP contribution in [0.2, 0.25) is 0 Å². The van der Waals surface area contributed by atoms with Crippen molar-refractivity contribution in [3.05, 3.63) is 35.4 Å². The molecule has 0 saturated heterocycles. The van der Waals surface area contributed by atoms with E-state index in [4.69, 9.17) is 9.84 Å². The van der Waals surface area contributed by atoms with Crippen LogP contribution in [0.15, 0.2) is 18.2 Å². The van der Waals surface area contributed by atoms with Gasteiger partial charge in [-0.05, 0) is 51.0 Å². The molecule has 1 amide bonds. The van der Waals surface area contributed by atoms with Crippen LogP contribution >= 0.6 is 0 Å². The Morgan fingerprint density at radius 3 is 2.50 bits per heavy atom. The van der Waals surface area contributed by atoms with Crippen molar-refractivity contribution in [1.82, 2.24) is 5.32 Å². The summed E-state index contributed by atoms with van der Waals surface area (Å²) in [5.41, 5.74) is -0.768. The molecule has 1 atom stereocenters. The zero-order chi connectivity index (χ0) is 16.9. The molecular weight excluding hydrogens is 296 g/mol. The molecule has 0 bridgehead atoms. The molecule has 22 heavy (non-hydrogen) atoms. The summed E-state index contributed by atoms with van der Waals surface area (Å²) < 4.78 is 31.6. The van der Waals surface area contributed by atoms with E-state index in [1.165, 1.54) is 0 Å². The second kappa shape index (κ2) is 7.20. The largest absolute Gasteiger partial charge is 0.481 e. The standard InChI is InChI=1S/C15H19F2NO4/c1-15(2,3)22-14(21)18-8-10(13(19)20)6-9-7-11(16)4-5-12(9)17/h4-5,7,10H,6,8H2,1-3H3,(H,18,21)(H,19,20). The third-order valence-corrected chi connectivity index (χ3v) is 2.72. The van der Waals surface area contributed by atoms with E-state index < -0.39 is 35.2 Å². The molecule has 1 unspecified atom stereocenters. The molecule has 122 valence electrons. The van der Waals surface area contributed by atoms with Crippen molar-refractivity contribution in [2.75, 3.05) is 6.54 Å². The Hall–Kier alpha value is -2.18. The van der Waals surface area contributed by atoms with Crippen molar-refractivity contribution in [3.8, 4) is 0 Å². The highest BCUT2D eigenvalue weighted by Gasteiger charge is 2.23. The Bertz CT molecular complexity index is 555. The summed E-state index contributed by atoms with van der Waals surface area (Å²) in [5, 5.41) is 11.4. The number of benzene rings is 1. The van der Waals surface area contributed by atoms with E-state index in [0.717, 1.165) is 18.2 Å². The van der Waals surface area contributed by atoms with Gasteiger partial charge in [0.2, 0.25) is 0 Å². The first-order valence-electron chi connectivity index (χ1n) is 6.72. The van der Waals surface area contributed by atoms with Crippen molar-refractivity contribution < 1.29 is 28.2 Å². The van der Waals surface area contributed by atoms with Gasteiger partial charge in [-0.2, -0.15) is 0 Å². The molecule has 1 aromatic rings. The van der Waals surface area contributed by atoms with Gasteiger partial charge in [-0.3, -0.25) is 4.79 Å². The number of carbonyl (C=O) groups is 2. The van der Waals surface area contributed by atoms with Gasteiger partial charge < -0.3 is 15.2 Å². The molecule has 0 radical (unpaired) electrons. The lowest BCUT2D eigenvalue weighted by Crippen LogP contribution is -2.38. The molecule has 0 saturated carbocycles. The van der Waals surface area contributed by atoms with Crippen LogP contribution in [0, 0.1) is 17.6 Å². The van der Waals surface area contributed by atoms with Crippen molar-refractivity contribution in [1.29, 1.82) is 0 Å². The average molecular weight is 315 g/mol. The fourth-order valence-electron chi connectivity index (χ4n) is 1.73. The minimum Gasteiger partial charge on any atom is -0.481 e. The van der Waals surface area contributed by atoms with Crippen LogP contribution < -0.4 is 5.32 Å². The Morgan fingerprint density at radius 1 is 1.32 bits per heavy atom.